The molecule has 2 rings (SSSR count). The molecule has 0 aromatic rings. The molecule has 0 unspecified atom stereocenters. The summed E-state index contributed by atoms with van der Waals surface area (Å²) in [5.74, 6) is 0.563. The fourth-order valence-corrected chi connectivity index (χ4v) is 2.18. The molecule has 0 fully saturated rings. The van der Waals surface area contributed by atoms with E-state index >= 15 is 0 Å². The van der Waals surface area contributed by atoms with Gasteiger partial charge in [0.15, 0.2) is 0 Å². The Morgan fingerprint density at radius 3 is 2.85 bits per heavy atom. The average Bonchev–Trinajstić information content (AvgIpc) is 2.45. The molecule has 0 radical (unpaired) electrons. The molecule has 72 valence electrons. The van der Waals surface area contributed by atoms with Crippen LogP contribution in [0, 0.1) is 5.92 Å². The van der Waals surface area contributed by atoms with Crippen molar-refractivity contribution in [3.05, 3.63) is 12.2 Å². The van der Waals surface area contributed by atoms with Gasteiger partial charge in [0.25, 0.3) is 0 Å². The van der Waals surface area contributed by atoms with Crippen molar-refractivity contribution in [3.63, 3.8) is 0 Å². The van der Waals surface area contributed by atoms with Crippen LogP contribution in [0.1, 0.15) is 33.6 Å². The second-order valence-electron chi connectivity index (χ2n) is 4.93. The Kier molecular flexibility index (Phi) is 1.94. The SMILES string of the molecule is CC(C)(C)N1N=C[C@H]2C=CCC[C@@H]21. The summed E-state index contributed by atoms with van der Waals surface area (Å²) in [6, 6.07) is 0.616. The molecule has 1 aliphatic carbocycles. The van der Waals surface area contributed by atoms with Gasteiger partial charge in [-0.25, -0.2) is 0 Å². The number of hydrogen-bond acceptors (Lipinski definition) is 2. The molecule has 2 nitrogen and oxygen atoms in total. The highest BCUT2D eigenvalue weighted by Gasteiger charge is 2.36. The van der Waals surface area contributed by atoms with E-state index < -0.39 is 0 Å². The number of hydrazone groups is 1. The van der Waals surface area contributed by atoms with Crippen molar-refractivity contribution in [3.8, 4) is 0 Å². The lowest BCUT2D eigenvalue weighted by Crippen LogP contribution is -2.44. The van der Waals surface area contributed by atoms with Crippen molar-refractivity contribution in [2.75, 3.05) is 0 Å². The molecule has 1 aliphatic heterocycles. The first-order valence-electron chi connectivity index (χ1n) is 5.09. The second-order valence-corrected chi connectivity index (χ2v) is 4.93. The zero-order chi connectivity index (χ0) is 9.47. The number of hydrogen-bond donors (Lipinski definition) is 0. The lowest BCUT2D eigenvalue weighted by Gasteiger charge is -2.38. The summed E-state index contributed by atoms with van der Waals surface area (Å²) < 4.78 is 0. The Morgan fingerprint density at radius 1 is 1.38 bits per heavy atom. The molecule has 0 amide bonds. The first kappa shape index (κ1) is 8.79. The quantitative estimate of drug-likeness (QED) is 0.520. The maximum atomic E-state index is 4.51. The molecule has 2 heteroatoms. The molecule has 0 spiro atoms. The van der Waals surface area contributed by atoms with E-state index in [9.17, 15) is 0 Å². The van der Waals surface area contributed by atoms with Crippen LogP contribution >= 0.6 is 0 Å². The van der Waals surface area contributed by atoms with Gasteiger partial charge in [0.2, 0.25) is 0 Å². The van der Waals surface area contributed by atoms with Crippen LogP contribution in [0.4, 0.5) is 0 Å². The highest BCUT2D eigenvalue weighted by atomic mass is 15.5. The number of fused-ring (bicyclic) bond motifs is 1. The first-order chi connectivity index (χ1) is 6.09. The van der Waals surface area contributed by atoms with Crippen LogP contribution in [0.2, 0.25) is 0 Å². The van der Waals surface area contributed by atoms with E-state index in [0.717, 1.165) is 0 Å². The van der Waals surface area contributed by atoms with Crippen LogP contribution in [0.25, 0.3) is 0 Å². The summed E-state index contributed by atoms with van der Waals surface area (Å²) in [5, 5.41) is 6.77. The van der Waals surface area contributed by atoms with Gasteiger partial charge < -0.3 is 0 Å². The summed E-state index contributed by atoms with van der Waals surface area (Å²) in [6.45, 7) is 6.68. The van der Waals surface area contributed by atoms with Gasteiger partial charge in [0.05, 0.1) is 6.04 Å². The summed E-state index contributed by atoms with van der Waals surface area (Å²) in [6.07, 6.45) is 9.11. The largest absolute Gasteiger partial charge is 0.288 e. The molecule has 0 saturated carbocycles. The summed E-state index contributed by atoms with van der Waals surface area (Å²) in [7, 11) is 0. The monoisotopic (exact) mass is 178 g/mol. The molecular weight excluding hydrogens is 160 g/mol. The van der Waals surface area contributed by atoms with Crippen LogP contribution in [0.5, 0.6) is 0 Å². The van der Waals surface area contributed by atoms with Crippen LogP contribution < -0.4 is 0 Å². The van der Waals surface area contributed by atoms with Crippen LogP contribution in [-0.4, -0.2) is 22.8 Å². The van der Waals surface area contributed by atoms with Gasteiger partial charge in [-0.1, -0.05) is 12.2 Å². The Bertz CT molecular complexity index is 247. The summed E-state index contributed by atoms with van der Waals surface area (Å²) >= 11 is 0. The topological polar surface area (TPSA) is 15.6 Å². The van der Waals surface area contributed by atoms with E-state index in [2.05, 4.69) is 49.2 Å². The van der Waals surface area contributed by atoms with E-state index in [1.54, 1.807) is 0 Å². The molecule has 2 aliphatic rings. The molecular formula is C11H18N2. The van der Waals surface area contributed by atoms with Gasteiger partial charge in [0, 0.05) is 17.7 Å². The molecule has 0 aromatic heterocycles. The van der Waals surface area contributed by atoms with Crippen LogP contribution in [0.3, 0.4) is 0 Å². The van der Waals surface area contributed by atoms with Crippen molar-refractivity contribution in [2.24, 2.45) is 11.0 Å². The third-order valence-electron chi connectivity index (χ3n) is 2.80. The van der Waals surface area contributed by atoms with E-state index in [4.69, 9.17) is 0 Å². The fraction of sp³-hybridized carbons (Fsp3) is 0.727. The third kappa shape index (κ3) is 1.50. The Labute approximate surface area is 80.3 Å². The predicted molar refractivity (Wildman–Crippen MR) is 55.7 cm³/mol. The Morgan fingerprint density at radius 2 is 2.15 bits per heavy atom. The second kappa shape index (κ2) is 2.86. The predicted octanol–water partition coefficient (Wildman–Crippen LogP) is 2.42. The van der Waals surface area contributed by atoms with Gasteiger partial charge in [-0.3, -0.25) is 5.01 Å². The summed E-state index contributed by atoms with van der Waals surface area (Å²) in [4.78, 5) is 0. The summed E-state index contributed by atoms with van der Waals surface area (Å²) in [5.41, 5.74) is 0.168. The van der Waals surface area contributed by atoms with Gasteiger partial charge >= 0.3 is 0 Å². The maximum absolute atomic E-state index is 4.51. The first-order valence-corrected chi connectivity index (χ1v) is 5.09. The van der Waals surface area contributed by atoms with E-state index in [1.165, 1.54) is 12.8 Å². The Hall–Kier alpha value is -0.790. The minimum absolute atomic E-state index is 0.168. The lowest BCUT2D eigenvalue weighted by molar-refractivity contribution is 0.0867. The van der Waals surface area contributed by atoms with Gasteiger partial charge in [-0.15, -0.1) is 0 Å². The van der Waals surface area contributed by atoms with Crippen molar-refractivity contribution in [1.29, 1.82) is 0 Å². The zero-order valence-electron chi connectivity index (χ0n) is 8.70. The number of allylic oxidation sites excluding steroid dienone is 1. The number of nitrogens with zero attached hydrogens (tertiary/aromatic N) is 2. The van der Waals surface area contributed by atoms with Crippen molar-refractivity contribution < 1.29 is 0 Å². The van der Waals surface area contributed by atoms with E-state index in [-0.39, 0.29) is 5.54 Å². The van der Waals surface area contributed by atoms with Gasteiger partial charge in [-0.2, -0.15) is 5.10 Å². The minimum Gasteiger partial charge on any atom is -0.288 e. The van der Waals surface area contributed by atoms with Crippen molar-refractivity contribution in [2.45, 2.75) is 45.2 Å². The van der Waals surface area contributed by atoms with Crippen LogP contribution in [-0.2, 0) is 0 Å². The highest BCUT2D eigenvalue weighted by molar-refractivity contribution is 5.66. The standard InChI is InChI=1S/C11H18N2/c1-11(2,3)13-10-7-5-4-6-9(10)8-12-13/h4,6,8-10H,5,7H2,1-3H3/t9-,10+/m1/s1. The molecule has 0 bridgehead atoms. The van der Waals surface area contributed by atoms with Gasteiger partial charge in [-0.05, 0) is 33.6 Å². The normalized spacial score (nSPS) is 32.4. The highest BCUT2D eigenvalue weighted by Crippen LogP contribution is 2.32. The van der Waals surface area contributed by atoms with Crippen molar-refractivity contribution in [1.82, 2.24) is 5.01 Å². The van der Waals surface area contributed by atoms with Gasteiger partial charge in [0.1, 0.15) is 0 Å². The maximum Gasteiger partial charge on any atom is 0.0592 e. The zero-order valence-corrected chi connectivity index (χ0v) is 8.70. The average molecular weight is 178 g/mol. The minimum atomic E-state index is 0.168. The molecule has 0 saturated heterocycles. The molecule has 2 atom stereocenters. The van der Waals surface area contributed by atoms with Crippen LogP contribution in [0.15, 0.2) is 17.3 Å². The third-order valence-corrected chi connectivity index (χ3v) is 2.80. The smallest absolute Gasteiger partial charge is 0.0592 e. The molecule has 0 N–H and O–H groups in total. The van der Waals surface area contributed by atoms with Crippen molar-refractivity contribution >= 4 is 6.21 Å². The Balaban J connectivity index is 2.18. The molecule has 1 heterocycles. The molecule has 13 heavy (non-hydrogen) atoms. The van der Waals surface area contributed by atoms with E-state index in [0.29, 0.717) is 12.0 Å². The fourth-order valence-electron chi connectivity index (χ4n) is 2.18. The van der Waals surface area contributed by atoms with E-state index in [1.807, 2.05) is 0 Å². The number of rotatable bonds is 0. The lowest BCUT2D eigenvalue weighted by atomic mass is 9.90. The molecule has 0 aromatic carbocycles.